The molecule has 1 saturated heterocycles. The Morgan fingerprint density at radius 1 is 0.905 bits per heavy atom. The summed E-state index contributed by atoms with van der Waals surface area (Å²) in [5.41, 5.74) is 0.141. The highest BCUT2D eigenvalue weighted by molar-refractivity contribution is 5.29. The molecule has 0 spiro atoms. The molecule has 1 aliphatic rings. The van der Waals surface area contributed by atoms with E-state index < -0.39 is 11.6 Å². The summed E-state index contributed by atoms with van der Waals surface area (Å²) in [5, 5.41) is 0. The minimum atomic E-state index is -0.483. The Morgan fingerprint density at radius 2 is 1.52 bits per heavy atom. The Hall–Kier alpha value is -2.08. The summed E-state index contributed by atoms with van der Waals surface area (Å²) < 4.78 is 27.3. The molecular formula is C15H16F2N4. The molecular weight excluding hydrogens is 274 g/mol. The highest BCUT2D eigenvalue weighted by Gasteiger charge is 2.20. The minimum Gasteiger partial charge on any atom is -0.338 e. The van der Waals surface area contributed by atoms with Gasteiger partial charge in [0, 0.05) is 50.7 Å². The Balaban J connectivity index is 1.62. The monoisotopic (exact) mass is 290 g/mol. The van der Waals surface area contributed by atoms with Gasteiger partial charge in [-0.1, -0.05) is 6.07 Å². The third-order valence-corrected chi connectivity index (χ3v) is 3.65. The highest BCUT2D eigenvalue weighted by Crippen LogP contribution is 2.17. The van der Waals surface area contributed by atoms with E-state index >= 15 is 0 Å². The molecule has 21 heavy (non-hydrogen) atoms. The van der Waals surface area contributed by atoms with Crippen molar-refractivity contribution in [3.63, 3.8) is 0 Å². The van der Waals surface area contributed by atoms with Crippen molar-refractivity contribution in [2.24, 2.45) is 0 Å². The molecule has 0 saturated carbocycles. The van der Waals surface area contributed by atoms with E-state index in [9.17, 15) is 8.78 Å². The summed E-state index contributed by atoms with van der Waals surface area (Å²) >= 11 is 0. The number of aromatic nitrogens is 2. The topological polar surface area (TPSA) is 32.3 Å². The predicted molar refractivity (Wildman–Crippen MR) is 75.9 cm³/mol. The molecule has 0 amide bonds. The SMILES string of the molecule is Fc1cccc(F)c1CN1CCN(c2ncccn2)CC1. The molecule has 0 unspecified atom stereocenters. The van der Waals surface area contributed by atoms with E-state index in [1.807, 2.05) is 4.90 Å². The van der Waals surface area contributed by atoms with E-state index in [2.05, 4.69) is 14.9 Å². The third-order valence-electron chi connectivity index (χ3n) is 3.65. The number of benzene rings is 1. The smallest absolute Gasteiger partial charge is 0.225 e. The van der Waals surface area contributed by atoms with Gasteiger partial charge in [0.25, 0.3) is 0 Å². The van der Waals surface area contributed by atoms with Crippen LogP contribution in [0.5, 0.6) is 0 Å². The Bertz CT molecular complexity index is 578. The number of anilines is 1. The molecule has 110 valence electrons. The zero-order chi connectivity index (χ0) is 14.7. The molecule has 4 nitrogen and oxygen atoms in total. The van der Waals surface area contributed by atoms with Gasteiger partial charge in [-0.15, -0.1) is 0 Å². The fourth-order valence-electron chi connectivity index (χ4n) is 2.47. The molecule has 1 aromatic carbocycles. The molecule has 2 heterocycles. The lowest BCUT2D eigenvalue weighted by Gasteiger charge is -2.34. The van der Waals surface area contributed by atoms with Crippen molar-refractivity contribution in [2.75, 3.05) is 31.1 Å². The van der Waals surface area contributed by atoms with E-state index in [1.54, 1.807) is 18.5 Å². The molecule has 2 aromatic rings. The average Bonchev–Trinajstić information content (AvgIpc) is 2.53. The molecule has 3 rings (SSSR count). The van der Waals surface area contributed by atoms with Gasteiger partial charge in [-0.05, 0) is 18.2 Å². The summed E-state index contributed by atoms with van der Waals surface area (Å²) in [4.78, 5) is 12.6. The van der Waals surface area contributed by atoms with E-state index in [0.29, 0.717) is 12.5 Å². The van der Waals surface area contributed by atoms with E-state index in [1.165, 1.54) is 18.2 Å². The van der Waals surface area contributed by atoms with Crippen molar-refractivity contribution in [2.45, 2.75) is 6.54 Å². The van der Waals surface area contributed by atoms with Crippen LogP contribution in [0.1, 0.15) is 5.56 Å². The van der Waals surface area contributed by atoms with E-state index in [4.69, 9.17) is 0 Å². The van der Waals surface area contributed by atoms with E-state index in [0.717, 1.165) is 26.2 Å². The number of nitrogens with zero attached hydrogens (tertiary/aromatic N) is 4. The maximum atomic E-state index is 13.6. The van der Waals surface area contributed by atoms with Crippen LogP contribution in [0.3, 0.4) is 0 Å². The Kier molecular flexibility index (Phi) is 4.06. The average molecular weight is 290 g/mol. The van der Waals surface area contributed by atoms with E-state index in [-0.39, 0.29) is 5.56 Å². The van der Waals surface area contributed by atoms with Gasteiger partial charge in [0.2, 0.25) is 5.95 Å². The normalized spacial score (nSPS) is 16.2. The second-order valence-electron chi connectivity index (χ2n) is 5.01. The third kappa shape index (κ3) is 3.16. The van der Waals surface area contributed by atoms with Gasteiger partial charge in [-0.3, -0.25) is 4.90 Å². The summed E-state index contributed by atoms with van der Waals surface area (Å²) in [6.07, 6.45) is 3.42. The molecule has 1 aliphatic heterocycles. The second-order valence-corrected chi connectivity index (χ2v) is 5.01. The molecule has 0 atom stereocenters. The number of piperazine rings is 1. The van der Waals surface area contributed by atoms with Crippen LogP contribution >= 0.6 is 0 Å². The number of rotatable bonds is 3. The van der Waals surface area contributed by atoms with Crippen LogP contribution in [0.4, 0.5) is 14.7 Å². The van der Waals surface area contributed by atoms with Crippen LogP contribution in [-0.4, -0.2) is 41.0 Å². The maximum Gasteiger partial charge on any atom is 0.225 e. The lowest BCUT2D eigenvalue weighted by molar-refractivity contribution is 0.242. The molecule has 0 radical (unpaired) electrons. The quantitative estimate of drug-likeness (QED) is 0.866. The first kappa shape index (κ1) is 13.9. The molecule has 1 fully saturated rings. The first-order valence-corrected chi connectivity index (χ1v) is 6.91. The van der Waals surface area contributed by atoms with Gasteiger partial charge in [-0.2, -0.15) is 0 Å². The fourth-order valence-corrected chi connectivity index (χ4v) is 2.47. The van der Waals surface area contributed by atoms with Crippen molar-refractivity contribution in [1.82, 2.24) is 14.9 Å². The van der Waals surface area contributed by atoms with Crippen LogP contribution in [0, 0.1) is 11.6 Å². The van der Waals surface area contributed by atoms with Gasteiger partial charge in [0.1, 0.15) is 11.6 Å². The molecule has 0 aliphatic carbocycles. The lowest BCUT2D eigenvalue weighted by Crippen LogP contribution is -2.46. The largest absolute Gasteiger partial charge is 0.338 e. The van der Waals surface area contributed by atoms with Crippen LogP contribution in [-0.2, 0) is 6.54 Å². The predicted octanol–water partition coefficient (Wildman–Crippen LogP) is 2.08. The van der Waals surface area contributed by atoms with Gasteiger partial charge in [0.15, 0.2) is 0 Å². The maximum absolute atomic E-state index is 13.6. The van der Waals surface area contributed by atoms with Crippen molar-refractivity contribution in [1.29, 1.82) is 0 Å². The lowest BCUT2D eigenvalue weighted by atomic mass is 10.1. The van der Waals surface area contributed by atoms with Crippen LogP contribution < -0.4 is 4.90 Å². The highest BCUT2D eigenvalue weighted by atomic mass is 19.1. The Labute approximate surface area is 122 Å². The minimum absolute atomic E-state index is 0.141. The van der Waals surface area contributed by atoms with Crippen molar-refractivity contribution < 1.29 is 8.78 Å². The fraction of sp³-hybridized carbons (Fsp3) is 0.333. The molecule has 1 aromatic heterocycles. The van der Waals surface area contributed by atoms with Gasteiger partial charge in [0.05, 0.1) is 0 Å². The second kappa shape index (κ2) is 6.13. The summed E-state index contributed by atoms with van der Waals surface area (Å²) in [6, 6.07) is 5.76. The molecule has 0 bridgehead atoms. The molecule has 0 N–H and O–H groups in total. The summed E-state index contributed by atoms with van der Waals surface area (Å²) in [5.74, 6) is -0.262. The zero-order valence-corrected chi connectivity index (χ0v) is 11.5. The van der Waals surface area contributed by atoms with Crippen molar-refractivity contribution in [3.8, 4) is 0 Å². The van der Waals surface area contributed by atoms with Crippen LogP contribution in [0.2, 0.25) is 0 Å². The first-order valence-electron chi connectivity index (χ1n) is 6.91. The molecule has 6 heteroatoms. The summed E-state index contributed by atoms with van der Waals surface area (Å²) in [7, 11) is 0. The number of hydrogen-bond acceptors (Lipinski definition) is 4. The van der Waals surface area contributed by atoms with Crippen molar-refractivity contribution in [3.05, 3.63) is 53.9 Å². The number of hydrogen-bond donors (Lipinski definition) is 0. The summed E-state index contributed by atoms with van der Waals surface area (Å²) in [6.45, 7) is 3.25. The van der Waals surface area contributed by atoms with Crippen LogP contribution in [0.15, 0.2) is 36.7 Å². The van der Waals surface area contributed by atoms with Gasteiger partial charge < -0.3 is 4.90 Å². The standard InChI is InChI=1S/C15H16F2N4/c16-13-3-1-4-14(17)12(13)11-20-7-9-21(10-8-20)15-18-5-2-6-19-15/h1-6H,7-11H2. The van der Waals surface area contributed by atoms with Gasteiger partial charge in [-0.25, -0.2) is 18.7 Å². The first-order chi connectivity index (χ1) is 10.2. The zero-order valence-electron chi connectivity index (χ0n) is 11.5. The van der Waals surface area contributed by atoms with Gasteiger partial charge >= 0.3 is 0 Å². The van der Waals surface area contributed by atoms with Crippen LogP contribution in [0.25, 0.3) is 0 Å². The number of halogens is 2. The van der Waals surface area contributed by atoms with Crippen molar-refractivity contribution >= 4 is 5.95 Å². The Morgan fingerprint density at radius 3 is 2.14 bits per heavy atom.